The van der Waals surface area contributed by atoms with Crippen LogP contribution < -0.4 is 0 Å². The molecule has 0 aromatic carbocycles. The Hall–Kier alpha value is -1.92. The minimum absolute atomic E-state index is 0.0555. The summed E-state index contributed by atoms with van der Waals surface area (Å²) in [4.78, 5) is 25.2. The minimum Gasteiger partial charge on any atom is -0.461 e. The monoisotopic (exact) mass is 374 g/mol. The number of carbonyl (C=O) groups is 2. The molecule has 2 heterocycles. The van der Waals surface area contributed by atoms with Crippen molar-refractivity contribution in [2.75, 3.05) is 20.8 Å². The van der Waals surface area contributed by atoms with Crippen molar-refractivity contribution in [2.45, 2.75) is 51.0 Å². The van der Waals surface area contributed by atoms with E-state index in [1.165, 1.54) is 6.26 Å². The molecule has 1 aliphatic heterocycles. The number of esters is 1. The number of ketones is 1. The van der Waals surface area contributed by atoms with Crippen molar-refractivity contribution in [2.24, 2.45) is 11.3 Å². The van der Waals surface area contributed by atoms with Crippen LogP contribution in [0.15, 0.2) is 21.8 Å². The van der Waals surface area contributed by atoms with Crippen LogP contribution in [0.1, 0.15) is 66.0 Å². The number of hydrogen-bond acceptors (Lipinski definition) is 6. The predicted molar refractivity (Wildman–Crippen MR) is 96.7 cm³/mol. The molecule has 6 nitrogen and oxygen atoms in total. The lowest BCUT2D eigenvalue weighted by molar-refractivity contribution is 0.0267. The van der Waals surface area contributed by atoms with Crippen molar-refractivity contribution in [3.05, 3.63) is 34.3 Å². The van der Waals surface area contributed by atoms with Crippen molar-refractivity contribution in [3.8, 4) is 0 Å². The third-order valence-electron chi connectivity index (χ3n) is 7.04. The first kappa shape index (κ1) is 18.4. The number of carbonyl (C=O) groups excluding carboxylic acids is 2. The molecule has 1 aromatic heterocycles. The molecule has 4 unspecified atom stereocenters. The lowest BCUT2D eigenvalue weighted by Gasteiger charge is -2.48. The first-order valence-electron chi connectivity index (χ1n) is 9.45. The zero-order chi connectivity index (χ0) is 19.6. The molecule has 1 aromatic rings. The Labute approximate surface area is 158 Å². The molecule has 0 spiro atoms. The largest absolute Gasteiger partial charge is 0.461 e. The Morgan fingerprint density at radius 1 is 1.22 bits per heavy atom. The van der Waals surface area contributed by atoms with Gasteiger partial charge in [0.15, 0.2) is 5.76 Å². The maximum absolute atomic E-state index is 13.2. The molecule has 5 rings (SSSR count). The van der Waals surface area contributed by atoms with Gasteiger partial charge in [0.2, 0.25) is 5.78 Å². The van der Waals surface area contributed by atoms with Crippen LogP contribution in [-0.4, -0.2) is 43.8 Å². The third kappa shape index (κ3) is 2.26. The number of hydrogen-bond donors (Lipinski definition) is 1. The second-order valence-electron chi connectivity index (χ2n) is 8.54. The number of aliphatic hydroxyl groups excluding tert-OH is 1. The maximum Gasteiger partial charge on any atom is 0.341 e. The van der Waals surface area contributed by atoms with Crippen LogP contribution in [0.4, 0.5) is 0 Å². The number of fused-ring (bicyclic) bond motifs is 3. The fraction of sp³-hybridized carbons (Fsp3) is 0.619. The van der Waals surface area contributed by atoms with Crippen LogP contribution in [0.5, 0.6) is 0 Å². The van der Waals surface area contributed by atoms with Gasteiger partial charge < -0.3 is 19.0 Å². The highest BCUT2D eigenvalue weighted by atomic mass is 16.5. The molecule has 0 saturated heterocycles. The van der Waals surface area contributed by atoms with E-state index < -0.39 is 11.4 Å². The standard InChI is InChI=1S/C19H20O5.C2H6O/c1-18-6-5-11-13(10(18)3-4-12(18)20)15(21)16-14-9(7-23-16)17(22)24-8-19(11,14)2;1-3-2/h7,10,12,20H,3-6,8H2,1-2H3;1-2H3. The minimum atomic E-state index is -0.482. The van der Waals surface area contributed by atoms with Crippen LogP contribution >= 0.6 is 0 Å². The van der Waals surface area contributed by atoms with E-state index >= 15 is 0 Å². The van der Waals surface area contributed by atoms with Crippen LogP contribution in [0.3, 0.4) is 0 Å². The number of methoxy groups -OCH3 is 1. The second kappa shape index (κ2) is 6.04. The van der Waals surface area contributed by atoms with E-state index in [9.17, 15) is 14.7 Å². The van der Waals surface area contributed by atoms with Crippen LogP contribution in [0.2, 0.25) is 0 Å². The molecule has 3 aliphatic carbocycles. The normalized spacial score (nSPS) is 36.3. The van der Waals surface area contributed by atoms with E-state index in [0.29, 0.717) is 16.9 Å². The van der Waals surface area contributed by atoms with Crippen molar-refractivity contribution in [3.63, 3.8) is 0 Å². The van der Waals surface area contributed by atoms with Crippen LogP contribution in [0.25, 0.3) is 0 Å². The van der Waals surface area contributed by atoms with Gasteiger partial charge in [-0.15, -0.1) is 0 Å². The Bertz CT molecular complexity index is 849. The third-order valence-corrected chi connectivity index (χ3v) is 7.04. The maximum atomic E-state index is 13.2. The molecule has 0 amide bonds. The molecule has 0 radical (unpaired) electrons. The number of furan rings is 1. The fourth-order valence-electron chi connectivity index (χ4n) is 5.58. The first-order valence-corrected chi connectivity index (χ1v) is 9.45. The van der Waals surface area contributed by atoms with E-state index in [1.807, 2.05) is 6.92 Å². The zero-order valence-corrected chi connectivity index (χ0v) is 16.3. The summed E-state index contributed by atoms with van der Waals surface area (Å²) >= 11 is 0. The van der Waals surface area contributed by atoms with E-state index in [2.05, 4.69) is 11.7 Å². The molecule has 6 heteroatoms. The molecule has 1 fully saturated rings. The van der Waals surface area contributed by atoms with Gasteiger partial charge in [0.25, 0.3) is 0 Å². The van der Waals surface area contributed by atoms with Crippen molar-refractivity contribution in [1.29, 1.82) is 0 Å². The number of cyclic esters (lactones) is 1. The van der Waals surface area contributed by atoms with Crippen molar-refractivity contribution in [1.82, 2.24) is 0 Å². The summed E-state index contributed by atoms with van der Waals surface area (Å²) in [6, 6.07) is 0. The van der Waals surface area contributed by atoms with Gasteiger partial charge >= 0.3 is 5.97 Å². The molecule has 4 aliphatic rings. The highest BCUT2D eigenvalue weighted by Gasteiger charge is 2.58. The van der Waals surface area contributed by atoms with E-state index in [-0.39, 0.29) is 29.8 Å². The average molecular weight is 374 g/mol. The lowest BCUT2D eigenvalue weighted by atomic mass is 9.56. The molecule has 0 bridgehead atoms. The number of rotatable bonds is 0. The first-order chi connectivity index (χ1) is 12.8. The highest BCUT2D eigenvalue weighted by Crippen LogP contribution is 2.60. The van der Waals surface area contributed by atoms with Gasteiger partial charge in [0.05, 0.1) is 11.5 Å². The Morgan fingerprint density at radius 3 is 2.63 bits per heavy atom. The van der Waals surface area contributed by atoms with Crippen LogP contribution in [0, 0.1) is 11.3 Å². The number of allylic oxidation sites excluding steroid dienone is 1. The Balaban J connectivity index is 0.000000565. The predicted octanol–water partition coefficient (Wildman–Crippen LogP) is 3.03. The summed E-state index contributed by atoms with van der Waals surface area (Å²) in [5.74, 6) is -0.150. The number of aliphatic hydroxyl groups is 1. The molecule has 1 saturated carbocycles. The van der Waals surface area contributed by atoms with Crippen molar-refractivity contribution >= 4 is 11.8 Å². The summed E-state index contributed by atoms with van der Waals surface area (Å²) in [6.45, 7) is 4.40. The highest BCUT2D eigenvalue weighted by molar-refractivity contribution is 6.13. The summed E-state index contributed by atoms with van der Waals surface area (Å²) in [5, 5.41) is 10.5. The van der Waals surface area contributed by atoms with Gasteiger partial charge in [0.1, 0.15) is 18.4 Å². The smallest absolute Gasteiger partial charge is 0.341 e. The zero-order valence-electron chi connectivity index (χ0n) is 16.3. The van der Waals surface area contributed by atoms with Crippen molar-refractivity contribution < 1.29 is 28.6 Å². The van der Waals surface area contributed by atoms with Gasteiger partial charge in [-0.25, -0.2) is 4.79 Å². The Morgan fingerprint density at radius 2 is 1.93 bits per heavy atom. The fourth-order valence-corrected chi connectivity index (χ4v) is 5.58. The number of Topliss-reactive ketones (excluding diaryl/α,β-unsaturated/α-hetero) is 1. The van der Waals surface area contributed by atoms with Gasteiger partial charge in [0, 0.05) is 30.8 Å². The van der Waals surface area contributed by atoms with Gasteiger partial charge in [-0.1, -0.05) is 6.92 Å². The summed E-state index contributed by atoms with van der Waals surface area (Å²) < 4.78 is 15.2. The molecule has 4 atom stereocenters. The molecule has 146 valence electrons. The van der Waals surface area contributed by atoms with Gasteiger partial charge in [-0.3, -0.25) is 4.79 Å². The lowest BCUT2D eigenvalue weighted by Crippen LogP contribution is -2.48. The second-order valence-corrected chi connectivity index (χ2v) is 8.54. The topological polar surface area (TPSA) is 86.0 Å². The summed E-state index contributed by atoms with van der Waals surface area (Å²) in [7, 11) is 3.25. The summed E-state index contributed by atoms with van der Waals surface area (Å²) in [6.07, 6.45) is 4.16. The molecular formula is C21H26O6. The van der Waals surface area contributed by atoms with E-state index in [0.717, 1.165) is 36.8 Å². The van der Waals surface area contributed by atoms with E-state index in [4.69, 9.17) is 9.15 Å². The van der Waals surface area contributed by atoms with Crippen LogP contribution in [-0.2, 0) is 14.9 Å². The van der Waals surface area contributed by atoms with E-state index in [1.54, 1.807) is 14.2 Å². The average Bonchev–Trinajstić information content (AvgIpc) is 3.21. The molecular weight excluding hydrogens is 348 g/mol. The molecule has 1 N–H and O–H groups in total. The Kier molecular flexibility index (Phi) is 4.13. The van der Waals surface area contributed by atoms with Gasteiger partial charge in [-0.05, 0) is 44.1 Å². The SMILES string of the molecule is CC12COC(=O)c3coc(c31)C(=O)C1=C2CCC2(C)C(O)CCC12.COC. The molecule has 27 heavy (non-hydrogen) atoms. The number of ether oxygens (including phenoxy) is 2. The summed E-state index contributed by atoms with van der Waals surface area (Å²) in [5.41, 5.74) is 2.27. The van der Waals surface area contributed by atoms with Gasteiger partial charge in [-0.2, -0.15) is 0 Å². The quantitative estimate of drug-likeness (QED) is 0.703.